The number of hydrogen-bond donors (Lipinski definition) is 2. The van der Waals surface area contributed by atoms with Gasteiger partial charge in [-0.3, -0.25) is 10.1 Å². The Morgan fingerprint density at radius 3 is 2.88 bits per heavy atom. The molecule has 1 aromatic rings. The molecule has 0 bridgehead atoms. The van der Waals surface area contributed by atoms with Gasteiger partial charge in [-0.25, -0.2) is 0 Å². The maximum atomic E-state index is 11.3. The Labute approximate surface area is 105 Å². The number of nitrogens with one attached hydrogen (secondary N) is 1. The van der Waals surface area contributed by atoms with Crippen LogP contribution in [0.2, 0.25) is 5.02 Å². The highest BCUT2D eigenvalue weighted by molar-refractivity contribution is 6.32. The smallest absolute Gasteiger partial charge is 0.327 e. The van der Waals surface area contributed by atoms with E-state index < -0.39 is 11.5 Å². The fourth-order valence-electron chi connectivity index (χ4n) is 1.94. The third kappa shape index (κ3) is 2.53. The lowest BCUT2D eigenvalue weighted by Gasteiger charge is -2.24. The summed E-state index contributed by atoms with van der Waals surface area (Å²) in [4.78, 5) is 11.3. The van der Waals surface area contributed by atoms with Crippen molar-refractivity contribution in [1.82, 2.24) is 5.32 Å². The van der Waals surface area contributed by atoms with Crippen LogP contribution in [0.1, 0.15) is 12.8 Å². The highest BCUT2D eigenvalue weighted by Gasteiger charge is 2.42. The lowest BCUT2D eigenvalue weighted by Crippen LogP contribution is -2.52. The van der Waals surface area contributed by atoms with Gasteiger partial charge in [0.15, 0.2) is 5.54 Å². The number of halogens is 1. The van der Waals surface area contributed by atoms with Crippen molar-refractivity contribution in [1.29, 1.82) is 0 Å². The van der Waals surface area contributed by atoms with Gasteiger partial charge in [-0.1, -0.05) is 23.7 Å². The van der Waals surface area contributed by atoms with Crippen LogP contribution in [-0.4, -0.2) is 29.8 Å². The molecule has 1 aliphatic rings. The minimum atomic E-state index is -0.973. The summed E-state index contributed by atoms with van der Waals surface area (Å²) in [6.45, 7) is 0.796. The van der Waals surface area contributed by atoms with Crippen molar-refractivity contribution in [3.05, 3.63) is 29.3 Å². The molecule has 1 heterocycles. The summed E-state index contributed by atoms with van der Waals surface area (Å²) in [5, 5.41) is 12.7. The number of rotatable bonds is 4. The molecule has 0 aromatic heterocycles. The maximum absolute atomic E-state index is 11.3. The van der Waals surface area contributed by atoms with Crippen LogP contribution >= 0.6 is 11.6 Å². The molecule has 1 fully saturated rings. The zero-order chi connectivity index (χ0) is 12.3. The van der Waals surface area contributed by atoms with Crippen LogP contribution in [0.3, 0.4) is 0 Å². The van der Waals surface area contributed by atoms with E-state index in [1.165, 1.54) is 0 Å². The van der Waals surface area contributed by atoms with E-state index in [2.05, 4.69) is 5.32 Å². The van der Waals surface area contributed by atoms with Crippen molar-refractivity contribution in [2.24, 2.45) is 0 Å². The topological polar surface area (TPSA) is 58.6 Å². The Morgan fingerprint density at radius 2 is 2.29 bits per heavy atom. The van der Waals surface area contributed by atoms with Gasteiger partial charge in [-0.2, -0.15) is 0 Å². The fourth-order valence-corrected chi connectivity index (χ4v) is 2.13. The molecule has 5 heteroatoms. The fraction of sp³-hybridized carbons (Fsp3) is 0.417. The normalized spacial score (nSPS) is 23.6. The summed E-state index contributed by atoms with van der Waals surface area (Å²) in [5.41, 5.74) is -0.973. The second-order valence-corrected chi connectivity index (χ2v) is 4.54. The van der Waals surface area contributed by atoms with Gasteiger partial charge in [0.05, 0.1) is 5.02 Å². The van der Waals surface area contributed by atoms with Crippen molar-refractivity contribution >= 4 is 17.6 Å². The monoisotopic (exact) mass is 255 g/mol. The van der Waals surface area contributed by atoms with Gasteiger partial charge >= 0.3 is 5.97 Å². The molecule has 1 saturated heterocycles. The van der Waals surface area contributed by atoms with E-state index in [4.69, 9.17) is 16.3 Å². The van der Waals surface area contributed by atoms with Crippen molar-refractivity contribution in [3.63, 3.8) is 0 Å². The predicted octanol–water partition coefficient (Wildman–Crippen LogP) is 1.93. The molecule has 1 aromatic carbocycles. The Kier molecular flexibility index (Phi) is 3.54. The minimum absolute atomic E-state index is 0.0894. The Balaban J connectivity index is 2.06. The quantitative estimate of drug-likeness (QED) is 0.863. The van der Waals surface area contributed by atoms with Crippen molar-refractivity contribution in [2.45, 2.75) is 18.4 Å². The Hall–Kier alpha value is -1.26. The van der Waals surface area contributed by atoms with Crippen LogP contribution < -0.4 is 10.1 Å². The molecule has 0 spiro atoms. The first-order valence-electron chi connectivity index (χ1n) is 5.50. The first kappa shape index (κ1) is 12.2. The van der Waals surface area contributed by atoms with E-state index in [9.17, 15) is 9.90 Å². The van der Waals surface area contributed by atoms with Gasteiger partial charge in [-0.15, -0.1) is 0 Å². The average molecular weight is 256 g/mol. The number of aliphatic carboxylic acids is 1. The van der Waals surface area contributed by atoms with E-state index >= 15 is 0 Å². The number of carbonyl (C=O) groups is 1. The van der Waals surface area contributed by atoms with Crippen LogP contribution in [0, 0.1) is 0 Å². The van der Waals surface area contributed by atoms with Crippen LogP contribution in [-0.2, 0) is 4.79 Å². The largest absolute Gasteiger partial charge is 0.489 e. The summed E-state index contributed by atoms with van der Waals surface area (Å²) in [6.07, 6.45) is 1.42. The molecule has 17 heavy (non-hydrogen) atoms. The van der Waals surface area contributed by atoms with E-state index in [-0.39, 0.29) is 6.61 Å². The summed E-state index contributed by atoms with van der Waals surface area (Å²) in [7, 11) is 0. The highest BCUT2D eigenvalue weighted by atomic mass is 35.5. The number of ether oxygens (including phenoxy) is 1. The molecule has 1 aliphatic heterocycles. The van der Waals surface area contributed by atoms with Crippen LogP contribution in [0.4, 0.5) is 0 Å². The SMILES string of the molecule is O=C(O)C1(COc2ccccc2Cl)CCCN1. The summed E-state index contributed by atoms with van der Waals surface area (Å²) >= 11 is 5.94. The lowest BCUT2D eigenvalue weighted by atomic mass is 9.99. The number of hydrogen-bond acceptors (Lipinski definition) is 3. The lowest BCUT2D eigenvalue weighted by molar-refractivity contribution is -0.145. The summed E-state index contributed by atoms with van der Waals surface area (Å²) in [6, 6.07) is 7.05. The molecule has 0 saturated carbocycles. The van der Waals surface area contributed by atoms with Gasteiger partial charge in [0.2, 0.25) is 0 Å². The van der Waals surface area contributed by atoms with Crippen LogP contribution in [0.25, 0.3) is 0 Å². The van der Waals surface area contributed by atoms with E-state index in [0.29, 0.717) is 23.7 Å². The molecule has 0 amide bonds. The second-order valence-electron chi connectivity index (χ2n) is 4.14. The molecule has 92 valence electrons. The molecule has 0 radical (unpaired) electrons. The van der Waals surface area contributed by atoms with Gasteiger partial charge in [0, 0.05) is 0 Å². The molecular weight excluding hydrogens is 242 g/mol. The van der Waals surface area contributed by atoms with Crippen molar-refractivity contribution in [3.8, 4) is 5.75 Å². The summed E-state index contributed by atoms with van der Waals surface area (Å²) < 4.78 is 5.51. The number of para-hydroxylation sites is 1. The average Bonchev–Trinajstić information content (AvgIpc) is 2.78. The van der Waals surface area contributed by atoms with Crippen molar-refractivity contribution < 1.29 is 14.6 Å². The molecule has 1 unspecified atom stereocenters. The summed E-state index contributed by atoms with van der Waals surface area (Å²) in [5.74, 6) is -0.356. The molecule has 2 rings (SSSR count). The minimum Gasteiger partial charge on any atom is -0.489 e. The third-order valence-electron chi connectivity index (χ3n) is 2.96. The third-order valence-corrected chi connectivity index (χ3v) is 3.28. The standard InChI is InChI=1S/C12H14ClNO3/c13-9-4-1-2-5-10(9)17-8-12(11(15)16)6-3-7-14-12/h1-2,4-5,14H,3,6-8H2,(H,15,16). The Morgan fingerprint density at radius 1 is 1.53 bits per heavy atom. The van der Waals surface area contributed by atoms with E-state index in [1.54, 1.807) is 24.3 Å². The van der Waals surface area contributed by atoms with Gasteiger partial charge in [-0.05, 0) is 31.5 Å². The van der Waals surface area contributed by atoms with Gasteiger partial charge in [0.25, 0.3) is 0 Å². The number of benzene rings is 1. The Bertz CT molecular complexity index is 416. The van der Waals surface area contributed by atoms with Crippen LogP contribution in [0.15, 0.2) is 24.3 Å². The zero-order valence-corrected chi connectivity index (χ0v) is 10.0. The predicted molar refractivity (Wildman–Crippen MR) is 64.6 cm³/mol. The van der Waals surface area contributed by atoms with E-state index in [0.717, 1.165) is 6.42 Å². The van der Waals surface area contributed by atoms with Crippen LogP contribution in [0.5, 0.6) is 5.75 Å². The first-order valence-corrected chi connectivity index (χ1v) is 5.88. The zero-order valence-electron chi connectivity index (χ0n) is 9.28. The molecular formula is C12H14ClNO3. The molecule has 2 N–H and O–H groups in total. The van der Waals surface area contributed by atoms with Crippen molar-refractivity contribution in [2.75, 3.05) is 13.2 Å². The van der Waals surface area contributed by atoms with E-state index in [1.807, 2.05) is 0 Å². The second kappa shape index (κ2) is 4.94. The first-order chi connectivity index (χ1) is 8.14. The van der Waals surface area contributed by atoms with Gasteiger partial charge < -0.3 is 9.84 Å². The molecule has 0 aliphatic carbocycles. The van der Waals surface area contributed by atoms with Gasteiger partial charge in [0.1, 0.15) is 12.4 Å². The number of carboxylic acid groups (broad SMARTS) is 1. The maximum Gasteiger partial charge on any atom is 0.327 e. The highest BCUT2D eigenvalue weighted by Crippen LogP contribution is 2.26. The number of carboxylic acids is 1. The molecule has 1 atom stereocenters. The molecule has 4 nitrogen and oxygen atoms in total.